The van der Waals surface area contributed by atoms with Crippen molar-refractivity contribution >= 4 is 34.7 Å². The van der Waals surface area contributed by atoms with Gasteiger partial charge < -0.3 is 5.11 Å². The van der Waals surface area contributed by atoms with Crippen LogP contribution in [0.2, 0.25) is 4.34 Å². The van der Waals surface area contributed by atoms with E-state index in [1.54, 1.807) is 18.3 Å². The summed E-state index contributed by atoms with van der Waals surface area (Å²) in [6.07, 6.45) is 0.861. The van der Waals surface area contributed by atoms with Crippen LogP contribution in [-0.2, 0) is 0 Å². The van der Waals surface area contributed by atoms with Crippen LogP contribution in [0.1, 0.15) is 16.7 Å². The highest BCUT2D eigenvalue weighted by atomic mass is 35.5. The van der Waals surface area contributed by atoms with Gasteiger partial charge in [0.1, 0.15) is 11.8 Å². The summed E-state index contributed by atoms with van der Waals surface area (Å²) in [5, 5.41) is 9.75. The van der Waals surface area contributed by atoms with Gasteiger partial charge in [0.05, 0.1) is 22.3 Å². The zero-order valence-corrected chi connectivity index (χ0v) is 8.73. The molecule has 13 heavy (non-hydrogen) atoms. The molecule has 1 N–H and O–H groups in total. The predicted octanol–water partition coefficient (Wildman–Crippen LogP) is 2.33. The van der Waals surface area contributed by atoms with Crippen LogP contribution in [0.4, 0.5) is 0 Å². The maximum Gasteiger partial charge on any atom is 0.133 e. The van der Waals surface area contributed by atoms with Crippen molar-refractivity contribution in [1.82, 2.24) is 8.75 Å². The van der Waals surface area contributed by atoms with Crippen molar-refractivity contribution in [3.05, 3.63) is 33.2 Å². The number of aromatic nitrogens is 2. The molecule has 0 aromatic carbocycles. The molecule has 0 bridgehead atoms. The molecule has 0 saturated heterocycles. The number of aliphatic hydroxyl groups excluding tert-OH is 1. The average molecular weight is 233 g/mol. The molecule has 2 heterocycles. The molecule has 2 aromatic heterocycles. The molecule has 0 saturated carbocycles. The van der Waals surface area contributed by atoms with Crippen molar-refractivity contribution in [2.24, 2.45) is 0 Å². The fourth-order valence-electron chi connectivity index (χ4n) is 0.913. The second-order valence-electron chi connectivity index (χ2n) is 2.38. The van der Waals surface area contributed by atoms with Gasteiger partial charge in [-0.1, -0.05) is 11.6 Å². The minimum Gasteiger partial charge on any atom is -0.381 e. The standard InChI is InChI=1S/C7H5ClN2OS2/c8-6-2-1-5(12-6)7(11)4-3-9-13-10-4/h1-3,7,11H. The highest BCUT2D eigenvalue weighted by Crippen LogP contribution is 2.29. The summed E-state index contributed by atoms with van der Waals surface area (Å²) in [4.78, 5) is 0.790. The lowest BCUT2D eigenvalue weighted by atomic mass is 10.2. The van der Waals surface area contributed by atoms with E-state index in [4.69, 9.17) is 11.6 Å². The summed E-state index contributed by atoms with van der Waals surface area (Å²) in [6, 6.07) is 3.54. The highest BCUT2D eigenvalue weighted by molar-refractivity contribution is 7.16. The van der Waals surface area contributed by atoms with E-state index in [-0.39, 0.29) is 0 Å². The Balaban J connectivity index is 2.28. The Bertz CT molecular complexity index is 387. The van der Waals surface area contributed by atoms with E-state index in [9.17, 15) is 5.11 Å². The van der Waals surface area contributed by atoms with Gasteiger partial charge in [0.2, 0.25) is 0 Å². The minimum atomic E-state index is -0.698. The summed E-state index contributed by atoms with van der Waals surface area (Å²) < 4.78 is 8.43. The summed E-state index contributed by atoms with van der Waals surface area (Å²) in [5.74, 6) is 0. The van der Waals surface area contributed by atoms with Crippen molar-refractivity contribution < 1.29 is 5.11 Å². The summed E-state index contributed by atoms with van der Waals surface area (Å²) >= 11 is 8.17. The lowest BCUT2D eigenvalue weighted by Crippen LogP contribution is -1.96. The van der Waals surface area contributed by atoms with Crippen LogP contribution in [0.15, 0.2) is 18.3 Å². The van der Waals surface area contributed by atoms with Crippen molar-refractivity contribution in [3.63, 3.8) is 0 Å². The molecule has 68 valence electrons. The van der Waals surface area contributed by atoms with Crippen LogP contribution in [0, 0.1) is 0 Å². The fourth-order valence-corrected chi connectivity index (χ4v) is 2.42. The summed E-state index contributed by atoms with van der Waals surface area (Å²) in [7, 11) is 0. The minimum absolute atomic E-state index is 0.573. The molecule has 0 aliphatic heterocycles. The second-order valence-corrected chi connectivity index (χ2v) is 4.68. The van der Waals surface area contributed by atoms with Gasteiger partial charge in [-0.25, -0.2) is 0 Å². The normalized spacial score (nSPS) is 13.1. The van der Waals surface area contributed by atoms with E-state index in [0.29, 0.717) is 10.0 Å². The molecule has 6 heteroatoms. The van der Waals surface area contributed by atoms with E-state index >= 15 is 0 Å². The lowest BCUT2D eigenvalue weighted by molar-refractivity contribution is 0.220. The van der Waals surface area contributed by atoms with Gasteiger partial charge >= 0.3 is 0 Å². The van der Waals surface area contributed by atoms with Crippen LogP contribution >= 0.6 is 34.7 Å². The Morgan fingerprint density at radius 1 is 1.46 bits per heavy atom. The number of halogens is 1. The molecule has 0 spiro atoms. The summed E-state index contributed by atoms with van der Waals surface area (Å²) in [5.41, 5.74) is 0.573. The molecule has 0 aliphatic rings. The van der Waals surface area contributed by atoms with E-state index in [0.717, 1.165) is 16.6 Å². The van der Waals surface area contributed by atoms with Gasteiger partial charge in [0.25, 0.3) is 0 Å². The number of hydrogen-bond donors (Lipinski definition) is 1. The third-order valence-corrected chi connectivity index (χ3v) is 3.30. The SMILES string of the molecule is OC(c1cnsn1)c1ccc(Cl)s1. The molecule has 3 nitrogen and oxygen atoms in total. The van der Waals surface area contributed by atoms with Gasteiger partial charge in [-0.3, -0.25) is 0 Å². The Labute approximate surface area is 88.0 Å². The third kappa shape index (κ3) is 1.88. The third-order valence-electron chi connectivity index (χ3n) is 1.52. The molecular formula is C7H5ClN2OS2. The van der Waals surface area contributed by atoms with E-state index in [1.807, 2.05) is 0 Å². The molecule has 0 radical (unpaired) electrons. The van der Waals surface area contributed by atoms with Gasteiger partial charge in [0, 0.05) is 4.88 Å². The molecule has 2 rings (SSSR count). The first-order chi connectivity index (χ1) is 6.27. The van der Waals surface area contributed by atoms with Crippen molar-refractivity contribution in [2.75, 3.05) is 0 Å². The number of aliphatic hydroxyl groups is 1. The number of rotatable bonds is 2. The maximum absolute atomic E-state index is 9.75. The van der Waals surface area contributed by atoms with Crippen molar-refractivity contribution in [3.8, 4) is 0 Å². The molecular weight excluding hydrogens is 228 g/mol. The quantitative estimate of drug-likeness (QED) is 0.865. The summed E-state index contributed by atoms with van der Waals surface area (Å²) in [6.45, 7) is 0. The van der Waals surface area contributed by atoms with Gasteiger partial charge in [0.15, 0.2) is 0 Å². The zero-order chi connectivity index (χ0) is 9.26. The Kier molecular flexibility index (Phi) is 2.59. The Morgan fingerprint density at radius 2 is 2.31 bits per heavy atom. The smallest absolute Gasteiger partial charge is 0.133 e. The maximum atomic E-state index is 9.75. The molecule has 0 aliphatic carbocycles. The first-order valence-corrected chi connectivity index (χ1v) is 5.40. The van der Waals surface area contributed by atoms with Crippen molar-refractivity contribution in [1.29, 1.82) is 0 Å². The predicted molar refractivity (Wildman–Crippen MR) is 53.3 cm³/mol. The molecule has 0 fully saturated rings. The van der Waals surface area contributed by atoms with Gasteiger partial charge in [-0.2, -0.15) is 8.75 Å². The van der Waals surface area contributed by atoms with Crippen LogP contribution in [-0.4, -0.2) is 13.9 Å². The monoisotopic (exact) mass is 232 g/mol. The highest BCUT2D eigenvalue weighted by Gasteiger charge is 2.14. The average Bonchev–Trinajstić information content (AvgIpc) is 2.72. The molecule has 0 amide bonds. The van der Waals surface area contributed by atoms with Crippen LogP contribution in [0.5, 0.6) is 0 Å². The van der Waals surface area contributed by atoms with Gasteiger partial charge in [-0.05, 0) is 12.1 Å². The Morgan fingerprint density at radius 3 is 2.85 bits per heavy atom. The Hall–Kier alpha value is -0.490. The van der Waals surface area contributed by atoms with E-state index < -0.39 is 6.10 Å². The first-order valence-electron chi connectivity index (χ1n) is 3.48. The lowest BCUT2D eigenvalue weighted by Gasteiger charge is -2.02. The van der Waals surface area contributed by atoms with E-state index in [1.165, 1.54) is 11.3 Å². The molecule has 2 aromatic rings. The topological polar surface area (TPSA) is 46.0 Å². The second kappa shape index (κ2) is 3.71. The van der Waals surface area contributed by atoms with Gasteiger partial charge in [-0.15, -0.1) is 11.3 Å². The largest absolute Gasteiger partial charge is 0.381 e. The van der Waals surface area contributed by atoms with Crippen LogP contribution in [0.25, 0.3) is 0 Å². The van der Waals surface area contributed by atoms with E-state index in [2.05, 4.69) is 8.75 Å². The van der Waals surface area contributed by atoms with Crippen molar-refractivity contribution in [2.45, 2.75) is 6.10 Å². The number of thiophene rings is 1. The fraction of sp³-hybridized carbons (Fsp3) is 0.143. The molecule has 1 unspecified atom stereocenters. The molecule has 1 atom stereocenters. The van der Waals surface area contributed by atoms with Crippen LogP contribution < -0.4 is 0 Å². The number of nitrogens with zero attached hydrogens (tertiary/aromatic N) is 2. The first kappa shape index (κ1) is 9.08. The number of hydrogen-bond acceptors (Lipinski definition) is 5. The zero-order valence-electron chi connectivity index (χ0n) is 6.35. The van der Waals surface area contributed by atoms with Crippen LogP contribution in [0.3, 0.4) is 0 Å².